The zero-order valence-corrected chi connectivity index (χ0v) is 18.3. The number of carbonyl (C=O) groups excluding carboxylic acids is 3. The van der Waals surface area contributed by atoms with Gasteiger partial charge in [-0.05, 0) is 43.2 Å². The first-order chi connectivity index (χ1) is 14.7. The van der Waals surface area contributed by atoms with Gasteiger partial charge in [-0.15, -0.1) is 0 Å². The summed E-state index contributed by atoms with van der Waals surface area (Å²) in [6, 6.07) is 8.17. The van der Waals surface area contributed by atoms with Gasteiger partial charge in [-0.25, -0.2) is 0 Å². The van der Waals surface area contributed by atoms with Crippen LogP contribution in [0.25, 0.3) is 0 Å². The second-order valence-corrected chi connectivity index (χ2v) is 9.40. The first kappa shape index (κ1) is 23.2. The lowest BCUT2D eigenvalue weighted by Gasteiger charge is -2.36. The number of aliphatic hydroxyl groups is 1. The van der Waals surface area contributed by atoms with E-state index in [4.69, 9.17) is 0 Å². The highest BCUT2D eigenvalue weighted by Gasteiger charge is 2.37. The predicted molar refractivity (Wildman–Crippen MR) is 117 cm³/mol. The minimum atomic E-state index is -1.45. The molecule has 3 amide bonds. The van der Waals surface area contributed by atoms with Gasteiger partial charge in [-0.3, -0.25) is 14.4 Å². The normalized spacial score (nSPS) is 24.7. The molecule has 4 atom stereocenters. The third kappa shape index (κ3) is 6.51. The maximum absolute atomic E-state index is 12.9. The zero-order chi connectivity index (χ0) is 22.4. The summed E-state index contributed by atoms with van der Waals surface area (Å²) in [5, 5.41) is 22.4. The molecule has 0 saturated carbocycles. The number of amides is 3. The van der Waals surface area contributed by atoms with Crippen molar-refractivity contribution in [2.24, 2.45) is 11.3 Å². The first-order valence-electron chi connectivity index (χ1n) is 11.1. The molecule has 3 rings (SSSR count). The van der Waals surface area contributed by atoms with Gasteiger partial charge in [-0.2, -0.15) is 0 Å². The highest BCUT2D eigenvalue weighted by Crippen LogP contribution is 2.29. The topological polar surface area (TPSA) is 120 Å². The summed E-state index contributed by atoms with van der Waals surface area (Å²) < 4.78 is 0. The van der Waals surface area contributed by atoms with Crippen molar-refractivity contribution in [3.8, 4) is 0 Å². The SMILES string of the molecule is CC1(C)CCNC(C(=O)N[C@@H](C[C@@H]2CCNC2=O)C(O)C(=O)NCc2ccccc2)C1. The van der Waals surface area contributed by atoms with Crippen LogP contribution < -0.4 is 21.3 Å². The molecule has 170 valence electrons. The summed E-state index contributed by atoms with van der Waals surface area (Å²) in [6.45, 7) is 5.83. The van der Waals surface area contributed by atoms with Crippen LogP contribution >= 0.6 is 0 Å². The van der Waals surface area contributed by atoms with E-state index in [0.29, 0.717) is 19.4 Å². The fourth-order valence-electron chi connectivity index (χ4n) is 4.30. The molecule has 8 heteroatoms. The van der Waals surface area contributed by atoms with E-state index in [2.05, 4.69) is 35.1 Å². The van der Waals surface area contributed by atoms with Gasteiger partial charge in [0.25, 0.3) is 5.91 Å². The highest BCUT2D eigenvalue weighted by atomic mass is 16.3. The van der Waals surface area contributed by atoms with E-state index in [9.17, 15) is 19.5 Å². The first-order valence-corrected chi connectivity index (χ1v) is 11.1. The number of benzene rings is 1. The zero-order valence-electron chi connectivity index (χ0n) is 18.3. The molecule has 0 aromatic heterocycles. The van der Waals surface area contributed by atoms with E-state index < -0.39 is 18.1 Å². The number of rotatable bonds is 8. The average Bonchev–Trinajstić information content (AvgIpc) is 3.15. The summed E-state index contributed by atoms with van der Waals surface area (Å²) in [5.74, 6) is -1.25. The quantitative estimate of drug-likeness (QED) is 0.410. The van der Waals surface area contributed by atoms with Crippen LogP contribution in [0.2, 0.25) is 0 Å². The van der Waals surface area contributed by atoms with Crippen LogP contribution in [0.4, 0.5) is 0 Å². The molecular weight excluding hydrogens is 396 g/mol. The van der Waals surface area contributed by atoms with Crippen molar-refractivity contribution in [2.75, 3.05) is 13.1 Å². The third-order valence-corrected chi connectivity index (χ3v) is 6.25. The second-order valence-electron chi connectivity index (χ2n) is 9.40. The van der Waals surface area contributed by atoms with Crippen LogP contribution in [0.1, 0.15) is 45.1 Å². The van der Waals surface area contributed by atoms with E-state index in [0.717, 1.165) is 18.5 Å². The maximum atomic E-state index is 12.9. The van der Waals surface area contributed by atoms with Crippen molar-refractivity contribution in [1.82, 2.24) is 21.3 Å². The smallest absolute Gasteiger partial charge is 0.251 e. The number of hydrogen-bond donors (Lipinski definition) is 5. The van der Waals surface area contributed by atoms with Crippen molar-refractivity contribution in [3.05, 3.63) is 35.9 Å². The van der Waals surface area contributed by atoms with Crippen LogP contribution in [-0.4, -0.2) is 54.1 Å². The molecule has 1 aromatic rings. The minimum absolute atomic E-state index is 0.0414. The van der Waals surface area contributed by atoms with Gasteiger partial charge in [0.05, 0.1) is 12.1 Å². The van der Waals surface area contributed by atoms with Crippen molar-refractivity contribution in [3.63, 3.8) is 0 Å². The standard InChI is InChI=1S/C23H34N4O4/c1-23(2)9-11-24-18(13-23)21(30)27-17(12-16-8-10-25-20(16)29)19(28)22(31)26-14-15-6-4-3-5-7-15/h3-7,16-19,24,28H,8-14H2,1-2H3,(H,25,29)(H,26,31)(H,27,30)/t16-,17-,18?,19?/m0/s1. The Kier molecular flexibility index (Phi) is 7.67. The molecule has 2 saturated heterocycles. The van der Waals surface area contributed by atoms with Gasteiger partial charge in [0, 0.05) is 19.0 Å². The van der Waals surface area contributed by atoms with E-state index >= 15 is 0 Å². The van der Waals surface area contributed by atoms with Crippen molar-refractivity contribution >= 4 is 17.7 Å². The lowest BCUT2D eigenvalue weighted by Crippen LogP contribution is -2.57. The molecule has 2 unspecified atom stereocenters. The molecule has 1 aromatic carbocycles. The second kappa shape index (κ2) is 10.2. The minimum Gasteiger partial charge on any atom is -0.381 e. The summed E-state index contributed by atoms with van der Waals surface area (Å²) in [7, 11) is 0. The van der Waals surface area contributed by atoms with Crippen molar-refractivity contribution in [2.45, 2.75) is 64.3 Å². The molecule has 0 spiro atoms. The van der Waals surface area contributed by atoms with Gasteiger partial charge in [0.15, 0.2) is 6.10 Å². The van der Waals surface area contributed by atoms with Gasteiger partial charge in [-0.1, -0.05) is 44.2 Å². The lowest BCUT2D eigenvalue weighted by atomic mass is 9.79. The molecule has 31 heavy (non-hydrogen) atoms. The number of piperidine rings is 1. The summed E-state index contributed by atoms with van der Waals surface area (Å²) in [4.78, 5) is 37.7. The van der Waals surface area contributed by atoms with Crippen molar-refractivity contribution in [1.29, 1.82) is 0 Å². The van der Waals surface area contributed by atoms with Crippen LogP contribution in [0.3, 0.4) is 0 Å². The molecular formula is C23H34N4O4. The molecule has 0 radical (unpaired) electrons. The van der Waals surface area contributed by atoms with Gasteiger partial charge in [0.2, 0.25) is 11.8 Å². The highest BCUT2D eigenvalue weighted by molar-refractivity contribution is 5.86. The Bertz CT molecular complexity index is 783. The molecule has 2 heterocycles. The Morgan fingerprint density at radius 1 is 1.23 bits per heavy atom. The Labute approximate surface area is 183 Å². The van der Waals surface area contributed by atoms with Gasteiger partial charge >= 0.3 is 0 Å². The van der Waals surface area contributed by atoms with Crippen LogP contribution in [0.5, 0.6) is 0 Å². The molecule has 5 N–H and O–H groups in total. The molecule has 8 nitrogen and oxygen atoms in total. The van der Waals surface area contributed by atoms with Crippen LogP contribution in [0.15, 0.2) is 30.3 Å². The largest absolute Gasteiger partial charge is 0.381 e. The third-order valence-electron chi connectivity index (χ3n) is 6.25. The maximum Gasteiger partial charge on any atom is 0.251 e. The van der Waals surface area contributed by atoms with E-state index in [1.165, 1.54) is 0 Å². The fraction of sp³-hybridized carbons (Fsp3) is 0.609. The Hall–Kier alpha value is -2.45. The summed E-state index contributed by atoms with van der Waals surface area (Å²) in [6.07, 6.45) is 1.04. The summed E-state index contributed by atoms with van der Waals surface area (Å²) >= 11 is 0. The Balaban J connectivity index is 1.65. The molecule has 2 aliphatic rings. The fourth-order valence-corrected chi connectivity index (χ4v) is 4.30. The van der Waals surface area contributed by atoms with E-state index in [1.54, 1.807) is 0 Å². The number of aliphatic hydroxyl groups excluding tert-OH is 1. The molecule has 0 aliphatic carbocycles. The number of hydrogen-bond acceptors (Lipinski definition) is 5. The number of carbonyl (C=O) groups is 3. The monoisotopic (exact) mass is 430 g/mol. The van der Waals surface area contributed by atoms with Crippen LogP contribution in [-0.2, 0) is 20.9 Å². The van der Waals surface area contributed by atoms with Crippen LogP contribution in [0, 0.1) is 11.3 Å². The van der Waals surface area contributed by atoms with E-state index in [-0.39, 0.29) is 42.2 Å². The Morgan fingerprint density at radius 3 is 2.61 bits per heavy atom. The number of nitrogens with one attached hydrogen (secondary N) is 4. The van der Waals surface area contributed by atoms with Gasteiger partial charge < -0.3 is 26.4 Å². The average molecular weight is 431 g/mol. The van der Waals surface area contributed by atoms with Crippen molar-refractivity contribution < 1.29 is 19.5 Å². The molecule has 0 bridgehead atoms. The van der Waals surface area contributed by atoms with Gasteiger partial charge in [0.1, 0.15) is 0 Å². The predicted octanol–water partition coefficient (Wildman–Crippen LogP) is 0.453. The summed E-state index contributed by atoms with van der Waals surface area (Å²) in [5.41, 5.74) is 0.951. The van der Waals surface area contributed by atoms with E-state index in [1.807, 2.05) is 30.3 Å². The molecule has 2 fully saturated rings. The Morgan fingerprint density at radius 2 is 1.97 bits per heavy atom. The lowest BCUT2D eigenvalue weighted by molar-refractivity contribution is -0.134. The molecule has 2 aliphatic heterocycles.